The fourth-order valence-electron chi connectivity index (χ4n) is 2.53. The molecule has 0 spiro atoms. The normalized spacial score (nSPS) is 21.5. The van der Waals surface area contributed by atoms with Gasteiger partial charge < -0.3 is 26.2 Å². The Morgan fingerprint density at radius 1 is 1.22 bits per heavy atom. The van der Waals surface area contributed by atoms with Gasteiger partial charge in [-0.3, -0.25) is 9.59 Å². The molecule has 0 radical (unpaired) electrons. The maximum absolute atomic E-state index is 12.3. The third kappa shape index (κ3) is 6.15. The highest BCUT2D eigenvalue weighted by Gasteiger charge is 2.31. The van der Waals surface area contributed by atoms with Crippen LogP contribution in [0.25, 0.3) is 0 Å². The number of carbonyl (C=O) groups is 3. The summed E-state index contributed by atoms with van der Waals surface area (Å²) < 4.78 is 0. The summed E-state index contributed by atoms with van der Waals surface area (Å²) >= 11 is 0. The molecule has 2 amide bonds. The fourth-order valence-corrected chi connectivity index (χ4v) is 2.53. The maximum atomic E-state index is 12.3. The van der Waals surface area contributed by atoms with Crippen molar-refractivity contribution in [2.75, 3.05) is 6.54 Å². The van der Waals surface area contributed by atoms with Crippen LogP contribution in [0.1, 0.15) is 40.0 Å². The Bertz CT molecular complexity index is 433. The van der Waals surface area contributed by atoms with Crippen LogP contribution in [0.3, 0.4) is 0 Å². The maximum Gasteiger partial charge on any atom is 0.328 e. The lowest BCUT2D eigenvalue weighted by atomic mass is 10.0. The summed E-state index contributed by atoms with van der Waals surface area (Å²) in [6.07, 6.45) is 0.773. The Labute approximate surface area is 136 Å². The lowest BCUT2D eigenvalue weighted by molar-refractivity contribution is -0.145. The zero-order chi connectivity index (χ0) is 17.6. The van der Waals surface area contributed by atoms with Crippen molar-refractivity contribution in [2.24, 2.45) is 5.92 Å². The first kappa shape index (κ1) is 19.4. The van der Waals surface area contributed by atoms with Crippen LogP contribution in [-0.2, 0) is 14.4 Å². The van der Waals surface area contributed by atoms with Crippen molar-refractivity contribution in [3.63, 3.8) is 0 Å². The van der Waals surface area contributed by atoms with Gasteiger partial charge in [-0.25, -0.2) is 4.79 Å². The van der Waals surface area contributed by atoms with Crippen molar-refractivity contribution in [1.82, 2.24) is 16.0 Å². The van der Waals surface area contributed by atoms with Gasteiger partial charge in [-0.2, -0.15) is 0 Å². The van der Waals surface area contributed by atoms with E-state index in [0.29, 0.717) is 12.8 Å². The molecule has 1 aliphatic heterocycles. The minimum atomic E-state index is -1.40. The summed E-state index contributed by atoms with van der Waals surface area (Å²) in [4.78, 5) is 35.6. The van der Waals surface area contributed by atoms with Crippen molar-refractivity contribution in [1.29, 1.82) is 0 Å². The number of amides is 2. The molecule has 4 atom stereocenters. The van der Waals surface area contributed by atoms with Gasteiger partial charge in [-0.15, -0.1) is 0 Å². The Morgan fingerprint density at radius 2 is 1.87 bits per heavy atom. The molecule has 4 unspecified atom stereocenters. The first-order chi connectivity index (χ1) is 10.7. The van der Waals surface area contributed by atoms with Crippen LogP contribution in [0.4, 0.5) is 0 Å². The standard InChI is InChI=1S/C15H27N3O5/c1-8(2)7-11(17-13(20)10-5-4-6-16-10)14(21)18-12(9(3)19)15(22)23/h8-12,16,19H,4-7H2,1-3H3,(H,17,20)(H,18,21)(H,22,23). The van der Waals surface area contributed by atoms with Gasteiger partial charge in [0.15, 0.2) is 6.04 Å². The second-order valence-electron chi connectivity index (χ2n) is 6.40. The quantitative estimate of drug-likeness (QED) is 0.397. The fraction of sp³-hybridized carbons (Fsp3) is 0.800. The number of aliphatic hydroxyl groups is 1. The van der Waals surface area contributed by atoms with Crippen molar-refractivity contribution in [2.45, 2.75) is 64.3 Å². The average Bonchev–Trinajstić information content (AvgIpc) is 2.96. The number of hydrogen-bond donors (Lipinski definition) is 5. The number of carbonyl (C=O) groups excluding carboxylic acids is 2. The Balaban J connectivity index is 2.73. The predicted molar refractivity (Wildman–Crippen MR) is 83.7 cm³/mol. The number of aliphatic carboxylic acids is 1. The molecule has 8 nitrogen and oxygen atoms in total. The third-order valence-electron chi connectivity index (χ3n) is 3.76. The van der Waals surface area contributed by atoms with E-state index in [2.05, 4.69) is 16.0 Å². The summed E-state index contributed by atoms with van der Waals surface area (Å²) in [5.41, 5.74) is 0. The van der Waals surface area contributed by atoms with E-state index < -0.39 is 30.1 Å². The van der Waals surface area contributed by atoms with E-state index in [1.165, 1.54) is 6.92 Å². The van der Waals surface area contributed by atoms with Crippen LogP contribution in [0, 0.1) is 5.92 Å². The SMILES string of the molecule is CC(C)CC(NC(=O)C1CCCN1)C(=O)NC(C(=O)O)C(C)O. The Hall–Kier alpha value is -1.67. The Kier molecular flexibility index (Phi) is 7.44. The third-order valence-corrected chi connectivity index (χ3v) is 3.76. The molecule has 23 heavy (non-hydrogen) atoms. The smallest absolute Gasteiger partial charge is 0.328 e. The van der Waals surface area contributed by atoms with Gasteiger partial charge in [0.2, 0.25) is 11.8 Å². The number of rotatable bonds is 8. The van der Waals surface area contributed by atoms with Gasteiger partial charge in [-0.1, -0.05) is 13.8 Å². The summed E-state index contributed by atoms with van der Waals surface area (Å²) in [5, 5.41) is 26.5. The van der Waals surface area contributed by atoms with Crippen molar-refractivity contribution < 1.29 is 24.6 Å². The van der Waals surface area contributed by atoms with E-state index in [0.717, 1.165) is 13.0 Å². The molecule has 0 aliphatic carbocycles. The van der Waals surface area contributed by atoms with E-state index in [1.807, 2.05) is 13.8 Å². The lowest BCUT2D eigenvalue weighted by Crippen LogP contribution is -2.56. The molecular weight excluding hydrogens is 302 g/mol. The highest BCUT2D eigenvalue weighted by Crippen LogP contribution is 2.09. The average molecular weight is 329 g/mol. The molecule has 8 heteroatoms. The van der Waals surface area contributed by atoms with Gasteiger partial charge in [0.1, 0.15) is 6.04 Å². The molecule has 0 aromatic carbocycles. The van der Waals surface area contributed by atoms with E-state index in [4.69, 9.17) is 5.11 Å². The molecule has 0 saturated carbocycles. The Morgan fingerprint density at radius 3 is 2.30 bits per heavy atom. The van der Waals surface area contributed by atoms with Crippen LogP contribution in [0.5, 0.6) is 0 Å². The van der Waals surface area contributed by atoms with Crippen LogP contribution in [-0.4, -0.2) is 58.8 Å². The van der Waals surface area contributed by atoms with Gasteiger partial charge in [0, 0.05) is 0 Å². The van der Waals surface area contributed by atoms with Crippen LogP contribution < -0.4 is 16.0 Å². The number of carboxylic acid groups (broad SMARTS) is 1. The van der Waals surface area contributed by atoms with Crippen LogP contribution in [0.2, 0.25) is 0 Å². The molecule has 0 bridgehead atoms. The zero-order valence-electron chi connectivity index (χ0n) is 13.8. The largest absolute Gasteiger partial charge is 0.480 e. The molecule has 1 rings (SSSR count). The lowest BCUT2D eigenvalue weighted by Gasteiger charge is -2.25. The molecule has 0 aromatic rings. The van der Waals surface area contributed by atoms with Gasteiger partial charge >= 0.3 is 5.97 Å². The first-order valence-corrected chi connectivity index (χ1v) is 7.97. The number of hydrogen-bond acceptors (Lipinski definition) is 5. The molecule has 1 heterocycles. The number of carboxylic acids is 1. The van der Waals surface area contributed by atoms with E-state index in [9.17, 15) is 19.5 Å². The van der Waals surface area contributed by atoms with E-state index in [-0.39, 0.29) is 17.9 Å². The zero-order valence-corrected chi connectivity index (χ0v) is 13.8. The van der Waals surface area contributed by atoms with Crippen molar-refractivity contribution >= 4 is 17.8 Å². The first-order valence-electron chi connectivity index (χ1n) is 7.97. The monoisotopic (exact) mass is 329 g/mol. The van der Waals surface area contributed by atoms with Gasteiger partial charge in [0.05, 0.1) is 12.1 Å². The summed E-state index contributed by atoms with van der Waals surface area (Å²) in [6, 6.07) is -2.55. The number of aliphatic hydroxyl groups excluding tert-OH is 1. The van der Waals surface area contributed by atoms with Crippen molar-refractivity contribution in [3.8, 4) is 0 Å². The molecule has 0 aromatic heterocycles. The minimum Gasteiger partial charge on any atom is -0.480 e. The molecule has 5 N–H and O–H groups in total. The molecule has 1 fully saturated rings. The number of nitrogens with one attached hydrogen (secondary N) is 3. The van der Waals surface area contributed by atoms with Gasteiger partial charge in [-0.05, 0) is 38.6 Å². The van der Waals surface area contributed by atoms with E-state index >= 15 is 0 Å². The summed E-state index contributed by atoms with van der Waals surface area (Å²) in [5.74, 6) is -2.04. The topological polar surface area (TPSA) is 128 Å². The summed E-state index contributed by atoms with van der Waals surface area (Å²) in [7, 11) is 0. The van der Waals surface area contributed by atoms with Gasteiger partial charge in [0.25, 0.3) is 0 Å². The van der Waals surface area contributed by atoms with Crippen molar-refractivity contribution in [3.05, 3.63) is 0 Å². The molecule has 132 valence electrons. The highest BCUT2D eigenvalue weighted by atomic mass is 16.4. The van der Waals surface area contributed by atoms with Crippen LogP contribution in [0.15, 0.2) is 0 Å². The minimum absolute atomic E-state index is 0.136. The summed E-state index contributed by atoms with van der Waals surface area (Å²) in [6.45, 7) is 5.87. The van der Waals surface area contributed by atoms with Crippen LogP contribution >= 0.6 is 0 Å². The predicted octanol–water partition coefficient (Wildman–Crippen LogP) is -0.780. The second-order valence-corrected chi connectivity index (χ2v) is 6.40. The molecule has 1 aliphatic rings. The molecule has 1 saturated heterocycles. The highest BCUT2D eigenvalue weighted by molar-refractivity contribution is 5.92. The second kappa shape index (κ2) is 8.83. The van der Waals surface area contributed by atoms with E-state index in [1.54, 1.807) is 0 Å². The molecular formula is C15H27N3O5.